The van der Waals surface area contributed by atoms with Crippen molar-refractivity contribution in [1.82, 2.24) is 82.7 Å². The number of carbonyl (C=O) groups is 3. The second kappa shape index (κ2) is 12.7. The molecule has 0 saturated heterocycles. The third-order valence-corrected chi connectivity index (χ3v) is 3.87. The highest BCUT2D eigenvalue weighted by Crippen LogP contribution is 1.93. The molecule has 0 bridgehead atoms. The van der Waals surface area contributed by atoms with Crippen molar-refractivity contribution in [2.45, 2.75) is 0 Å². The van der Waals surface area contributed by atoms with Crippen LogP contribution in [0.2, 0.25) is 0 Å². The number of urea groups is 3. The number of aromatic nitrogens is 12. The number of H-pyrrole nitrogens is 3. The molecule has 0 fully saturated rings. The van der Waals surface area contributed by atoms with Gasteiger partial charge in [-0.1, -0.05) is 15.3 Å². The topological polar surface area (TPSA) is 290 Å². The molecule has 3 aromatic rings. The summed E-state index contributed by atoms with van der Waals surface area (Å²) in [6.07, 6.45) is 0. The largest absolute Gasteiger partial charge is 0.337 e. The van der Waals surface area contributed by atoms with E-state index < -0.39 is 18.1 Å². The fourth-order valence-corrected chi connectivity index (χ4v) is 2.41. The van der Waals surface area contributed by atoms with Crippen molar-refractivity contribution in [3.8, 4) is 0 Å². The van der Waals surface area contributed by atoms with Gasteiger partial charge in [-0.3, -0.25) is 20.9 Å². The monoisotopic (exact) mass is 479 g/mol. The Morgan fingerprint density at radius 1 is 0.588 bits per heavy atom. The van der Waals surface area contributed by atoms with Crippen LogP contribution >= 0.6 is 0 Å². The number of carbonyl (C=O) groups excluding carboxylic acids is 3. The Bertz CT molecular complexity index is 859. The first-order chi connectivity index (χ1) is 16.6. The summed E-state index contributed by atoms with van der Waals surface area (Å²) in [7, 11) is 0. The number of amides is 6. The van der Waals surface area contributed by atoms with E-state index in [1.807, 2.05) is 4.90 Å². The lowest BCUT2D eigenvalue weighted by atomic mass is 10.4. The predicted octanol–water partition coefficient (Wildman–Crippen LogP) is -3.71. The number of hydrogen-bond donors (Lipinski definition) is 9. The van der Waals surface area contributed by atoms with E-state index in [0.29, 0.717) is 19.6 Å². The Labute approximate surface area is 189 Å². The van der Waals surface area contributed by atoms with Crippen molar-refractivity contribution >= 4 is 35.9 Å². The molecule has 6 amide bonds. The maximum Gasteiger partial charge on any atom is 0.321 e. The van der Waals surface area contributed by atoms with Crippen LogP contribution in [0.1, 0.15) is 0 Å². The summed E-state index contributed by atoms with van der Waals surface area (Å²) < 4.78 is 0. The first kappa shape index (κ1) is 23.6. The molecule has 0 spiro atoms. The number of nitrogens with one attached hydrogen (secondary N) is 9. The number of tetrazole rings is 3. The smallest absolute Gasteiger partial charge is 0.321 e. The van der Waals surface area contributed by atoms with Gasteiger partial charge >= 0.3 is 18.1 Å². The summed E-state index contributed by atoms with van der Waals surface area (Å²) >= 11 is 0. The van der Waals surface area contributed by atoms with Gasteiger partial charge in [0.15, 0.2) is 0 Å². The van der Waals surface area contributed by atoms with Gasteiger partial charge in [-0.05, 0) is 31.3 Å². The van der Waals surface area contributed by atoms with Crippen LogP contribution in [0.3, 0.4) is 0 Å². The highest BCUT2D eigenvalue weighted by Gasteiger charge is 2.11. The van der Waals surface area contributed by atoms with E-state index in [4.69, 9.17) is 0 Å². The van der Waals surface area contributed by atoms with Crippen molar-refractivity contribution in [2.24, 2.45) is 0 Å². The molecule has 0 saturated carbocycles. The van der Waals surface area contributed by atoms with Crippen molar-refractivity contribution in [3.05, 3.63) is 0 Å². The molecule has 0 aliphatic carbocycles. The van der Waals surface area contributed by atoms with Gasteiger partial charge in [-0.25, -0.2) is 29.7 Å². The van der Waals surface area contributed by atoms with E-state index in [2.05, 4.69) is 93.8 Å². The Morgan fingerprint density at radius 2 is 0.912 bits per heavy atom. The fraction of sp³-hybridized carbons (Fsp3) is 0.500. The number of hydrogen-bond acceptors (Lipinski definition) is 13. The molecule has 0 aliphatic heterocycles. The van der Waals surface area contributed by atoms with Gasteiger partial charge in [0.2, 0.25) is 17.8 Å². The molecule has 3 heterocycles. The van der Waals surface area contributed by atoms with Gasteiger partial charge in [0.25, 0.3) is 0 Å². The van der Waals surface area contributed by atoms with Gasteiger partial charge in [0, 0.05) is 39.3 Å². The summed E-state index contributed by atoms with van der Waals surface area (Å²) in [4.78, 5) is 37.5. The van der Waals surface area contributed by atoms with Gasteiger partial charge in [-0.2, -0.15) is 0 Å². The van der Waals surface area contributed by atoms with Gasteiger partial charge in [0.05, 0.1) is 0 Å². The minimum absolute atomic E-state index is 0.101. The first-order valence-electron chi connectivity index (χ1n) is 9.66. The number of anilines is 3. The summed E-state index contributed by atoms with van der Waals surface area (Å²) in [5, 5.41) is 53.2. The van der Waals surface area contributed by atoms with Crippen molar-refractivity contribution in [1.29, 1.82) is 0 Å². The molecule has 0 aliphatic rings. The minimum Gasteiger partial charge on any atom is -0.337 e. The molecule has 9 N–H and O–H groups in total. The van der Waals surface area contributed by atoms with Crippen molar-refractivity contribution < 1.29 is 14.4 Å². The van der Waals surface area contributed by atoms with E-state index in [1.54, 1.807) is 0 Å². The van der Waals surface area contributed by atoms with Crippen LogP contribution in [0.15, 0.2) is 0 Å². The van der Waals surface area contributed by atoms with Crippen LogP contribution in [-0.2, 0) is 0 Å². The SMILES string of the molecule is O=C(NCCN(CCNC(=O)Nc1nnn[nH]1)CCNC(=O)Nc1nnn[nH]1)Nc1nnn[nH]1. The van der Waals surface area contributed by atoms with Crippen LogP contribution in [0.5, 0.6) is 0 Å². The summed E-state index contributed by atoms with van der Waals surface area (Å²) in [5.41, 5.74) is 0. The van der Waals surface area contributed by atoms with E-state index in [0.717, 1.165) is 0 Å². The van der Waals surface area contributed by atoms with Crippen LogP contribution in [0.25, 0.3) is 0 Å². The average Bonchev–Trinajstić information content (AvgIpc) is 3.58. The zero-order chi connectivity index (χ0) is 24.0. The Hall–Kier alpha value is -5.02. The fourth-order valence-electron chi connectivity index (χ4n) is 2.41. The van der Waals surface area contributed by atoms with Crippen LogP contribution in [-0.4, -0.2) is 124 Å². The van der Waals surface area contributed by atoms with Crippen molar-refractivity contribution in [3.63, 3.8) is 0 Å². The molecule has 3 aromatic heterocycles. The third kappa shape index (κ3) is 8.61. The molecule has 0 atom stereocenters. The molecule has 3 rings (SSSR count). The zero-order valence-electron chi connectivity index (χ0n) is 17.4. The highest BCUT2D eigenvalue weighted by molar-refractivity contribution is 5.88. The van der Waals surface area contributed by atoms with Gasteiger partial charge in [-0.15, -0.1) is 0 Å². The Kier molecular flexibility index (Phi) is 8.86. The molecule has 0 radical (unpaired) electrons. The maximum atomic E-state index is 11.9. The first-order valence-corrected chi connectivity index (χ1v) is 9.66. The van der Waals surface area contributed by atoms with Crippen molar-refractivity contribution in [2.75, 3.05) is 55.2 Å². The molecule has 22 nitrogen and oxygen atoms in total. The van der Waals surface area contributed by atoms with Gasteiger partial charge in [0.1, 0.15) is 0 Å². The van der Waals surface area contributed by atoms with E-state index in [9.17, 15) is 14.4 Å². The quantitative estimate of drug-likeness (QED) is 0.121. The lowest BCUT2D eigenvalue weighted by Gasteiger charge is -2.22. The van der Waals surface area contributed by atoms with E-state index in [1.165, 1.54) is 0 Å². The van der Waals surface area contributed by atoms with E-state index >= 15 is 0 Å². The summed E-state index contributed by atoms with van der Waals surface area (Å²) in [6, 6.07) is -1.51. The average molecular weight is 479 g/mol. The standard InChI is InChI=1S/C12H21N19O3/c32-10(16-7-19-25-26-20-7)13-1-4-31(5-2-14-11(33)17-8-21-27-28-22-8)6-3-15-12(34)18-9-23-29-30-24-9/h1-6H2,(H3,13,16,19,20,25,26,32)(H3,14,17,21,22,27,28,33)(H3,15,18,23,24,29,30,34). The normalized spacial score (nSPS) is 10.5. The number of rotatable bonds is 12. The maximum absolute atomic E-state index is 11.9. The lowest BCUT2D eigenvalue weighted by molar-refractivity contribution is 0.238. The van der Waals surface area contributed by atoms with Crippen LogP contribution < -0.4 is 31.9 Å². The number of nitrogens with zero attached hydrogens (tertiary/aromatic N) is 10. The Balaban J connectivity index is 1.39. The molecular weight excluding hydrogens is 458 g/mol. The molecule has 22 heteroatoms. The molecular formula is C12H21N19O3. The van der Waals surface area contributed by atoms with Crippen LogP contribution in [0.4, 0.5) is 32.2 Å². The van der Waals surface area contributed by atoms with Crippen LogP contribution in [0, 0.1) is 0 Å². The Morgan fingerprint density at radius 3 is 1.18 bits per heavy atom. The third-order valence-electron chi connectivity index (χ3n) is 3.87. The number of aromatic amines is 3. The predicted molar refractivity (Wildman–Crippen MR) is 110 cm³/mol. The molecule has 182 valence electrons. The zero-order valence-corrected chi connectivity index (χ0v) is 17.4. The summed E-state index contributed by atoms with van der Waals surface area (Å²) in [6.45, 7) is 2.02. The summed E-state index contributed by atoms with van der Waals surface area (Å²) in [5.74, 6) is 0.302. The van der Waals surface area contributed by atoms with E-state index in [-0.39, 0.29) is 37.5 Å². The highest BCUT2D eigenvalue weighted by atomic mass is 16.2. The molecule has 34 heavy (non-hydrogen) atoms. The second-order valence-electron chi connectivity index (χ2n) is 6.23. The second-order valence-corrected chi connectivity index (χ2v) is 6.23. The minimum atomic E-state index is -0.505. The van der Waals surface area contributed by atoms with Gasteiger partial charge < -0.3 is 16.0 Å². The molecule has 0 aromatic carbocycles. The lowest BCUT2D eigenvalue weighted by Crippen LogP contribution is -2.44. The molecule has 0 unspecified atom stereocenters.